The molecular weight excluding hydrogens is 310 g/mol. The average molecular weight is 319 g/mol. The van der Waals surface area contributed by atoms with Crippen LogP contribution in [0.2, 0.25) is 0 Å². The van der Waals surface area contributed by atoms with Gasteiger partial charge in [-0.1, -0.05) is 0 Å². The highest BCUT2D eigenvalue weighted by molar-refractivity contribution is 6.01. The monoisotopic (exact) mass is 319 g/mol. The Morgan fingerprint density at radius 3 is 2.27 bits per heavy atom. The van der Waals surface area contributed by atoms with Crippen molar-refractivity contribution in [1.82, 2.24) is 4.57 Å². The minimum atomic E-state index is -4.51. The molecule has 0 radical (unpaired) electrons. The van der Waals surface area contributed by atoms with Gasteiger partial charge in [-0.3, -0.25) is 0 Å². The zero-order valence-corrected chi connectivity index (χ0v) is 10.8. The third-order valence-electron chi connectivity index (χ3n) is 3.03. The number of aromatic nitrogens is 1. The topological polar surface area (TPSA) is 79.5 Å². The Balaban J connectivity index is 2.69. The number of fused-ring (bicyclic) bond motifs is 1. The zero-order chi connectivity index (χ0) is 16.7. The Morgan fingerprint density at radius 1 is 1.14 bits per heavy atom. The van der Waals surface area contributed by atoms with Gasteiger partial charge < -0.3 is 10.2 Å². The Bertz CT molecular complexity index is 763. The number of carbonyl (C=O) groups is 2. The highest BCUT2D eigenvalue weighted by Gasteiger charge is 2.28. The number of hydrogen-bond acceptors (Lipinski definition) is 2. The minimum Gasteiger partial charge on any atom is -0.477 e. The third-order valence-corrected chi connectivity index (χ3v) is 3.03. The first-order chi connectivity index (χ1) is 10.1. The lowest BCUT2D eigenvalue weighted by Gasteiger charge is -2.10. The van der Waals surface area contributed by atoms with Crippen LogP contribution in [-0.4, -0.2) is 33.0 Å². The summed E-state index contributed by atoms with van der Waals surface area (Å²) in [6.45, 7) is 0. The zero-order valence-electron chi connectivity index (χ0n) is 10.8. The van der Waals surface area contributed by atoms with Crippen LogP contribution in [0.4, 0.5) is 22.4 Å². The van der Waals surface area contributed by atoms with Gasteiger partial charge >= 0.3 is 18.2 Å². The van der Waals surface area contributed by atoms with Gasteiger partial charge in [-0.25, -0.2) is 18.5 Å². The second-order valence-corrected chi connectivity index (χ2v) is 4.57. The quantitative estimate of drug-likeness (QED) is 0.849. The van der Waals surface area contributed by atoms with Crippen molar-refractivity contribution in [2.24, 2.45) is 0 Å². The fourth-order valence-corrected chi connectivity index (χ4v) is 2.22. The number of nitrogens with zero attached hydrogens (tertiary/aromatic N) is 1. The van der Waals surface area contributed by atoms with E-state index in [2.05, 4.69) is 0 Å². The van der Waals surface area contributed by atoms with Crippen molar-refractivity contribution in [3.63, 3.8) is 0 Å². The van der Waals surface area contributed by atoms with Crippen LogP contribution in [0.3, 0.4) is 0 Å². The Kier molecular flexibility index (Phi) is 3.82. The second-order valence-electron chi connectivity index (χ2n) is 4.57. The van der Waals surface area contributed by atoms with Gasteiger partial charge in [0.2, 0.25) is 0 Å². The number of carboxylic acids is 1. The van der Waals surface area contributed by atoms with Crippen molar-refractivity contribution < 1.29 is 37.4 Å². The summed E-state index contributed by atoms with van der Waals surface area (Å²) in [6.07, 6.45) is -8.12. The lowest BCUT2D eigenvalue weighted by atomic mass is 10.1. The van der Waals surface area contributed by atoms with Crippen molar-refractivity contribution in [3.05, 3.63) is 35.3 Å². The van der Waals surface area contributed by atoms with Crippen LogP contribution >= 0.6 is 0 Å². The fraction of sp³-hybridized carbons (Fsp3) is 0.231. The van der Waals surface area contributed by atoms with Crippen LogP contribution in [0.25, 0.3) is 10.9 Å². The maximum Gasteiger partial charge on any atom is 0.416 e. The Hall–Kier alpha value is -2.58. The van der Waals surface area contributed by atoms with Crippen LogP contribution in [-0.2, 0) is 6.42 Å². The molecule has 5 nitrogen and oxygen atoms in total. The van der Waals surface area contributed by atoms with Gasteiger partial charge in [0.05, 0.1) is 5.52 Å². The third kappa shape index (κ3) is 3.02. The van der Waals surface area contributed by atoms with Crippen LogP contribution in [0.1, 0.15) is 22.5 Å². The van der Waals surface area contributed by atoms with Gasteiger partial charge in [0.25, 0.3) is 0 Å². The van der Waals surface area contributed by atoms with E-state index in [0.717, 1.165) is 18.2 Å². The van der Waals surface area contributed by atoms with E-state index in [9.17, 15) is 27.2 Å². The van der Waals surface area contributed by atoms with Gasteiger partial charge in [-0.05, 0) is 30.2 Å². The van der Waals surface area contributed by atoms with Gasteiger partial charge in [-0.15, -0.1) is 0 Å². The summed E-state index contributed by atoms with van der Waals surface area (Å²) >= 11 is 0. The van der Waals surface area contributed by atoms with Gasteiger partial charge in [0, 0.05) is 11.8 Å². The summed E-state index contributed by atoms with van der Waals surface area (Å²) in [5, 5.41) is 18.0. The molecule has 2 aromatic rings. The number of halogens is 4. The molecule has 0 saturated heterocycles. The van der Waals surface area contributed by atoms with Crippen molar-refractivity contribution in [1.29, 1.82) is 0 Å². The summed E-state index contributed by atoms with van der Waals surface area (Å²) in [6, 6.07) is 2.56. The first-order valence-corrected chi connectivity index (χ1v) is 5.97. The Labute approximate surface area is 120 Å². The maximum absolute atomic E-state index is 13.5. The van der Waals surface area contributed by atoms with E-state index in [0.29, 0.717) is 4.57 Å². The lowest BCUT2D eigenvalue weighted by molar-refractivity contribution is -0.133. The van der Waals surface area contributed by atoms with Crippen molar-refractivity contribution in [2.75, 3.05) is 0 Å². The highest BCUT2D eigenvalue weighted by atomic mass is 19.4. The van der Waals surface area contributed by atoms with E-state index < -0.39 is 42.6 Å². The molecule has 0 unspecified atom stereocenters. The molecule has 1 aromatic carbocycles. The molecule has 0 aliphatic heterocycles. The number of benzene rings is 1. The molecule has 1 aromatic heterocycles. The summed E-state index contributed by atoms with van der Waals surface area (Å²) in [7, 11) is 0. The molecule has 0 bridgehead atoms. The molecular formula is C13H9F4NO4. The minimum absolute atomic E-state index is 0.0861. The Morgan fingerprint density at radius 2 is 1.77 bits per heavy atom. The summed E-state index contributed by atoms with van der Waals surface area (Å²) in [5.41, 5.74) is -1.14. The standard InChI is InChI=1S/C13H9F4NO4/c14-8-3-6(1-2-13(15,16)17)10-7(4-8)5-9(11(19)20)18(10)12(21)22/h3-5H,1-2H2,(H,19,20)(H,21,22). The molecule has 0 saturated carbocycles. The molecule has 0 aliphatic carbocycles. The van der Waals surface area contributed by atoms with E-state index in [1.54, 1.807) is 0 Å². The molecule has 118 valence electrons. The summed E-state index contributed by atoms with van der Waals surface area (Å²) in [4.78, 5) is 22.3. The van der Waals surface area contributed by atoms with E-state index in [1.165, 1.54) is 0 Å². The summed E-state index contributed by atoms with van der Waals surface area (Å²) < 4.78 is 50.8. The molecule has 2 rings (SSSR count). The molecule has 0 atom stereocenters. The maximum atomic E-state index is 13.5. The van der Waals surface area contributed by atoms with Crippen LogP contribution in [0.5, 0.6) is 0 Å². The molecule has 2 N–H and O–H groups in total. The predicted molar refractivity (Wildman–Crippen MR) is 66.7 cm³/mol. The first-order valence-electron chi connectivity index (χ1n) is 5.97. The number of carboxylic acid groups (broad SMARTS) is 2. The number of hydrogen-bond donors (Lipinski definition) is 2. The SMILES string of the molecule is O=C(O)c1cc2cc(F)cc(CCC(F)(F)F)c2n1C(=O)O. The van der Waals surface area contributed by atoms with Crippen molar-refractivity contribution in [3.8, 4) is 0 Å². The second kappa shape index (κ2) is 5.32. The van der Waals surface area contributed by atoms with E-state index in [1.807, 2.05) is 0 Å². The fourth-order valence-electron chi connectivity index (χ4n) is 2.22. The molecule has 9 heteroatoms. The number of rotatable bonds is 3. The van der Waals surface area contributed by atoms with Crippen LogP contribution in [0.15, 0.2) is 18.2 Å². The first kappa shape index (κ1) is 15.8. The smallest absolute Gasteiger partial charge is 0.416 e. The largest absolute Gasteiger partial charge is 0.477 e. The number of alkyl halides is 3. The lowest BCUT2D eigenvalue weighted by Crippen LogP contribution is -2.16. The predicted octanol–water partition coefficient (Wildman–Crippen LogP) is 3.50. The molecule has 0 spiro atoms. The van der Waals surface area contributed by atoms with Crippen LogP contribution < -0.4 is 0 Å². The summed E-state index contributed by atoms with van der Waals surface area (Å²) in [5.74, 6) is -2.45. The van der Waals surface area contributed by atoms with Gasteiger partial charge in [0.15, 0.2) is 0 Å². The highest BCUT2D eigenvalue weighted by Crippen LogP contribution is 2.29. The molecule has 22 heavy (non-hydrogen) atoms. The normalized spacial score (nSPS) is 11.8. The van der Waals surface area contributed by atoms with E-state index in [-0.39, 0.29) is 16.5 Å². The van der Waals surface area contributed by atoms with Crippen LogP contribution in [0, 0.1) is 5.82 Å². The van der Waals surface area contributed by atoms with Crippen molar-refractivity contribution >= 4 is 23.0 Å². The number of aryl methyl sites for hydroxylation is 1. The van der Waals surface area contributed by atoms with E-state index in [4.69, 9.17) is 10.2 Å². The molecule has 1 heterocycles. The molecule has 0 aliphatic rings. The molecule has 0 amide bonds. The van der Waals surface area contributed by atoms with Gasteiger partial charge in [0.1, 0.15) is 11.5 Å². The van der Waals surface area contributed by atoms with Gasteiger partial charge in [-0.2, -0.15) is 13.2 Å². The number of aromatic carboxylic acids is 1. The van der Waals surface area contributed by atoms with Crippen molar-refractivity contribution in [2.45, 2.75) is 19.0 Å². The van der Waals surface area contributed by atoms with E-state index >= 15 is 0 Å². The molecule has 0 fully saturated rings. The average Bonchev–Trinajstić information content (AvgIpc) is 2.74.